The Bertz CT molecular complexity index is 521. The summed E-state index contributed by atoms with van der Waals surface area (Å²) >= 11 is 0. The number of aromatic hydroxyl groups is 1. The van der Waals surface area contributed by atoms with Gasteiger partial charge in [-0.3, -0.25) is 4.99 Å². The Kier molecular flexibility index (Phi) is 9.31. The van der Waals surface area contributed by atoms with E-state index in [4.69, 9.17) is 4.74 Å². The summed E-state index contributed by atoms with van der Waals surface area (Å²) in [7, 11) is 3.46. The number of aryl methyl sites for hydroxylation is 1. The first-order valence-corrected chi connectivity index (χ1v) is 8.02. The van der Waals surface area contributed by atoms with Crippen LogP contribution in [0.1, 0.15) is 36.0 Å². The predicted molar refractivity (Wildman–Crippen MR) is 105 cm³/mol. The molecule has 1 aliphatic carbocycles. The zero-order valence-electron chi connectivity index (χ0n) is 14.0. The Labute approximate surface area is 155 Å². The molecule has 130 valence electrons. The van der Waals surface area contributed by atoms with Gasteiger partial charge in [-0.25, -0.2) is 0 Å². The third-order valence-electron chi connectivity index (χ3n) is 4.10. The van der Waals surface area contributed by atoms with Gasteiger partial charge in [-0.2, -0.15) is 0 Å². The van der Waals surface area contributed by atoms with E-state index < -0.39 is 0 Å². The van der Waals surface area contributed by atoms with Gasteiger partial charge in [-0.1, -0.05) is 6.07 Å². The van der Waals surface area contributed by atoms with E-state index >= 15 is 0 Å². The number of ether oxygens (including phenoxy) is 1. The summed E-state index contributed by atoms with van der Waals surface area (Å²) < 4.78 is 5.03. The minimum absolute atomic E-state index is 0. The highest BCUT2D eigenvalue weighted by molar-refractivity contribution is 14.0. The summed E-state index contributed by atoms with van der Waals surface area (Å²) in [4.78, 5) is 4.21. The molecule has 0 spiro atoms. The minimum Gasteiger partial charge on any atom is -0.508 e. The van der Waals surface area contributed by atoms with E-state index in [9.17, 15) is 5.11 Å². The lowest BCUT2D eigenvalue weighted by molar-refractivity contribution is 0.195. The topological polar surface area (TPSA) is 65.9 Å². The second kappa shape index (κ2) is 10.7. The molecular formula is C17H28IN3O2. The molecule has 0 saturated heterocycles. The third kappa shape index (κ3) is 5.84. The summed E-state index contributed by atoms with van der Waals surface area (Å²) in [5.41, 5.74) is 3.70. The number of rotatable bonds is 6. The number of methoxy groups -OCH3 is 1. The normalized spacial score (nSPS) is 13.9. The number of fused-ring (bicyclic) bond motifs is 1. The van der Waals surface area contributed by atoms with Crippen molar-refractivity contribution in [1.82, 2.24) is 10.6 Å². The van der Waals surface area contributed by atoms with Crippen LogP contribution in [0, 0.1) is 0 Å². The second-order valence-corrected chi connectivity index (χ2v) is 5.61. The largest absolute Gasteiger partial charge is 0.508 e. The zero-order chi connectivity index (χ0) is 15.8. The molecule has 1 aromatic rings. The fourth-order valence-electron chi connectivity index (χ4n) is 2.91. The number of nitrogens with zero attached hydrogens (tertiary/aromatic N) is 1. The van der Waals surface area contributed by atoms with Crippen LogP contribution in [0.25, 0.3) is 0 Å². The molecule has 0 saturated carbocycles. The van der Waals surface area contributed by atoms with Crippen LogP contribution >= 0.6 is 24.0 Å². The van der Waals surface area contributed by atoms with E-state index in [2.05, 4.69) is 21.7 Å². The Balaban J connectivity index is 0.00000264. The Hall–Kier alpha value is -1.02. The smallest absolute Gasteiger partial charge is 0.191 e. The molecule has 0 heterocycles. The van der Waals surface area contributed by atoms with Gasteiger partial charge < -0.3 is 20.5 Å². The van der Waals surface area contributed by atoms with Crippen LogP contribution in [0.3, 0.4) is 0 Å². The molecule has 0 aromatic heterocycles. The van der Waals surface area contributed by atoms with Gasteiger partial charge in [0, 0.05) is 39.4 Å². The van der Waals surface area contributed by atoms with Crippen molar-refractivity contribution in [3.63, 3.8) is 0 Å². The van der Waals surface area contributed by atoms with Crippen LogP contribution in [-0.4, -0.2) is 38.4 Å². The van der Waals surface area contributed by atoms with Gasteiger partial charge in [0.2, 0.25) is 0 Å². The van der Waals surface area contributed by atoms with Crippen molar-refractivity contribution in [3.05, 3.63) is 28.8 Å². The molecule has 0 bridgehead atoms. The van der Waals surface area contributed by atoms with Crippen molar-refractivity contribution in [2.24, 2.45) is 4.99 Å². The number of benzene rings is 1. The summed E-state index contributed by atoms with van der Waals surface area (Å²) in [6, 6.07) is 3.88. The van der Waals surface area contributed by atoms with Crippen LogP contribution in [-0.2, 0) is 24.1 Å². The molecule has 0 atom stereocenters. The van der Waals surface area contributed by atoms with E-state index in [1.807, 2.05) is 6.07 Å². The second-order valence-electron chi connectivity index (χ2n) is 5.61. The molecule has 1 aromatic carbocycles. The summed E-state index contributed by atoms with van der Waals surface area (Å²) in [6.07, 6.45) is 5.55. The number of halogens is 1. The number of guanidine groups is 1. The number of nitrogens with one attached hydrogen (secondary N) is 2. The minimum atomic E-state index is 0. The Morgan fingerprint density at radius 1 is 1.26 bits per heavy atom. The average Bonchev–Trinajstić information content (AvgIpc) is 2.55. The van der Waals surface area contributed by atoms with E-state index in [-0.39, 0.29) is 24.0 Å². The van der Waals surface area contributed by atoms with Gasteiger partial charge in [-0.15, -0.1) is 24.0 Å². The van der Waals surface area contributed by atoms with E-state index in [1.165, 1.54) is 24.0 Å². The maximum Gasteiger partial charge on any atom is 0.191 e. The molecule has 23 heavy (non-hydrogen) atoms. The fraction of sp³-hybridized carbons (Fsp3) is 0.588. The average molecular weight is 433 g/mol. The molecule has 0 aliphatic heterocycles. The van der Waals surface area contributed by atoms with Gasteiger partial charge in [0.25, 0.3) is 0 Å². The lowest BCUT2D eigenvalue weighted by atomic mass is 9.88. The van der Waals surface area contributed by atoms with Gasteiger partial charge >= 0.3 is 0 Å². The van der Waals surface area contributed by atoms with Gasteiger partial charge in [-0.05, 0) is 49.3 Å². The predicted octanol–water partition coefficient (Wildman–Crippen LogP) is 2.59. The standard InChI is InChI=1S/C17H27N3O2.HI/c1-18-17(19-10-5-11-22-2)20-12-15-14-7-4-3-6-13(14)8-9-16(15)21;/h8-9,21H,3-7,10-12H2,1-2H3,(H2,18,19,20);1H. The quantitative estimate of drug-likeness (QED) is 0.279. The number of hydrogen-bond donors (Lipinski definition) is 3. The maximum atomic E-state index is 10.2. The molecule has 6 heteroatoms. The highest BCUT2D eigenvalue weighted by Crippen LogP contribution is 2.30. The molecular weight excluding hydrogens is 405 g/mol. The van der Waals surface area contributed by atoms with E-state index in [0.29, 0.717) is 12.3 Å². The SMILES string of the molecule is CN=C(NCCCOC)NCc1c(O)ccc2c1CCCC2.I. The number of aliphatic imine (C=N–C) groups is 1. The van der Waals surface area contributed by atoms with Crippen molar-refractivity contribution in [1.29, 1.82) is 0 Å². The van der Waals surface area contributed by atoms with Gasteiger partial charge in [0.05, 0.1) is 0 Å². The van der Waals surface area contributed by atoms with Gasteiger partial charge in [0.15, 0.2) is 5.96 Å². The highest BCUT2D eigenvalue weighted by Gasteiger charge is 2.16. The fourth-order valence-corrected chi connectivity index (χ4v) is 2.91. The first-order chi connectivity index (χ1) is 10.8. The van der Waals surface area contributed by atoms with Crippen LogP contribution in [0.2, 0.25) is 0 Å². The number of phenolic OH excluding ortho intramolecular Hbond substituents is 1. The number of hydrogen-bond acceptors (Lipinski definition) is 3. The number of phenols is 1. The van der Waals surface area contributed by atoms with E-state index in [0.717, 1.165) is 43.9 Å². The maximum absolute atomic E-state index is 10.2. The lowest BCUT2D eigenvalue weighted by Crippen LogP contribution is -2.37. The van der Waals surface area contributed by atoms with Crippen molar-refractivity contribution >= 4 is 29.9 Å². The monoisotopic (exact) mass is 433 g/mol. The van der Waals surface area contributed by atoms with Crippen molar-refractivity contribution in [3.8, 4) is 5.75 Å². The molecule has 0 radical (unpaired) electrons. The van der Waals surface area contributed by atoms with Crippen LogP contribution in [0.5, 0.6) is 5.75 Å². The Morgan fingerprint density at radius 2 is 2.04 bits per heavy atom. The van der Waals surface area contributed by atoms with E-state index in [1.54, 1.807) is 14.2 Å². The first-order valence-electron chi connectivity index (χ1n) is 8.02. The molecule has 0 amide bonds. The summed E-state index contributed by atoms with van der Waals surface area (Å²) in [5.74, 6) is 1.13. The van der Waals surface area contributed by atoms with Gasteiger partial charge in [0.1, 0.15) is 5.75 Å². The molecule has 5 nitrogen and oxygen atoms in total. The molecule has 0 fully saturated rings. The van der Waals surface area contributed by atoms with Crippen molar-refractivity contribution in [2.75, 3.05) is 27.3 Å². The third-order valence-corrected chi connectivity index (χ3v) is 4.10. The lowest BCUT2D eigenvalue weighted by Gasteiger charge is -2.21. The van der Waals surface area contributed by atoms with Crippen LogP contribution < -0.4 is 10.6 Å². The van der Waals surface area contributed by atoms with Crippen molar-refractivity contribution < 1.29 is 9.84 Å². The molecule has 2 rings (SSSR count). The molecule has 3 N–H and O–H groups in total. The molecule has 1 aliphatic rings. The first kappa shape index (κ1) is 20.0. The highest BCUT2D eigenvalue weighted by atomic mass is 127. The summed E-state index contributed by atoms with van der Waals surface area (Å²) in [6.45, 7) is 2.14. The molecule has 0 unspecified atom stereocenters. The van der Waals surface area contributed by atoms with Crippen LogP contribution in [0.4, 0.5) is 0 Å². The van der Waals surface area contributed by atoms with Crippen LogP contribution in [0.15, 0.2) is 17.1 Å². The summed E-state index contributed by atoms with van der Waals surface area (Å²) in [5, 5.41) is 16.7. The van der Waals surface area contributed by atoms with Crippen molar-refractivity contribution in [2.45, 2.75) is 38.6 Å². The zero-order valence-corrected chi connectivity index (χ0v) is 16.4. The Morgan fingerprint density at radius 3 is 2.78 bits per heavy atom.